The lowest BCUT2D eigenvalue weighted by Gasteiger charge is -2.23. The molecule has 0 aliphatic heterocycles. The standard InChI is InChI=1S/C16H19F2N3O3/c1-10(24-12-4-5-13(17)14(18)6-12)15(22)19-9-16(2,23)11-7-20-21(3)8-11/h4-8,10,23H,9H2,1-3H3,(H,19,22). The fourth-order valence-electron chi connectivity index (χ4n) is 2.01. The summed E-state index contributed by atoms with van der Waals surface area (Å²) in [5, 5.41) is 16.9. The first-order valence-corrected chi connectivity index (χ1v) is 7.30. The molecule has 8 heteroatoms. The number of halogens is 2. The third-order valence-corrected chi connectivity index (χ3v) is 3.51. The lowest BCUT2D eigenvalue weighted by Crippen LogP contribution is -2.43. The van der Waals surface area contributed by atoms with E-state index in [0.29, 0.717) is 5.56 Å². The molecule has 0 radical (unpaired) electrons. The quantitative estimate of drug-likeness (QED) is 0.836. The van der Waals surface area contributed by atoms with Gasteiger partial charge >= 0.3 is 0 Å². The van der Waals surface area contributed by atoms with Gasteiger partial charge in [0.2, 0.25) is 0 Å². The zero-order valence-corrected chi connectivity index (χ0v) is 13.6. The van der Waals surface area contributed by atoms with Gasteiger partial charge in [0.1, 0.15) is 11.4 Å². The Hall–Kier alpha value is -2.48. The Kier molecular flexibility index (Phi) is 5.18. The zero-order chi connectivity index (χ0) is 17.9. The Labute approximate surface area is 138 Å². The molecule has 0 spiro atoms. The summed E-state index contributed by atoms with van der Waals surface area (Å²) in [6.45, 7) is 2.96. The van der Waals surface area contributed by atoms with Crippen LogP contribution in [0.25, 0.3) is 0 Å². The molecular formula is C16H19F2N3O3. The van der Waals surface area contributed by atoms with Crippen molar-refractivity contribution in [2.24, 2.45) is 7.05 Å². The molecule has 2 rings (SSSR count). The molecule has 0 fully saturated rings. The average molecular weight is 339 g/mol. The highest BCUT2D eigenvalue weighted by Crippen LogP contribution is 2.19. The molecular weight excluding hydrogens is 320 g/mol. The van der Waals surface area contributed by atoms with E-state index in [1.807, 2.05) is 0 Å². The number of carbonyl (C=O) groups is 1. The molecule has 1 amide bonds. The first kappa shape index (κ1) is 17.9. The van der Waals surface area contributed by atoms with Crippen molar-refractivity contribution >= 4 is 5.91 Å². The Morgan fingerprint density at radius 1 is 1.46 bits per heavy atom. The van der Waals surface area contributed by atoms with Gasteiger partial charge in [-0.25, -0.2) is 8.78 Å². The number of ether oxygens (including phenoxy) is 1. The van der Waals surface area contributed by atoms with Gasteiger partial charge in [0.25, 0.3) is 5.91 Å². The second-order valence-corrected chi connectivity index (χ2v) is 5.73. The Balaban J connectivity index is 1.92. The second kappa shape index (κ2) is 6.96. The molecule has 2 aromatic rings. The number of hydrogen-bond acceptors (Lipinski definition) is 4. The fraction of sp³-hybridized carbons (Fsp3) is 0.375. The van der Waals surface area contributed by atoms with E-state index in [4.69, 9.17) is 4.74 Å². The molecule has 0 saturated carbocycles. The third kappa shape index (κ3) is 4.29. The second-order valence-electron chi connectivity index (χ2n) is 5.73. The van der Waals surface area contributed by atoms with Crippen LogP contribution in [0.3, 0.4) is 0 Å². The summed E-state index contributed by atoms with van der Waals surface area (Å²) < 4.78 is 32.8. The van der Waals surface area contributed by atoms with Crippen molar-refractivity contribution in [1.29, 1.82) is 0 Å². The molecule has 0 aliphatic carbocycles. The van der Waals surface area contributed by atoms with Crippen molar-refractivity contribution in [2.75, 3.05) is 6.54 Å². The SMILES string of the molecule is CC(Oc1ccc(F)c(F)c1)C(=O)NCC(C)(O)c1cnn(C)c1. The van der Waals surface area contributed by atoms with Gasteiger partial charge in [-0.2, -0.15) is 5.10 Å². The summed E-state index contributed by atoms with van der Waals surface area (Å²) in [5.74, 6) is -2.51. The molecule has 0 aliphatic rings. The van der Waals surface area contributed by atoms with Gasteiger partial charge in [-0.15, -0.1) is 0 Å². The number of aliphatic hydroxyl groups is 1. The van der Waals surface area contributed by atoms with E-state index in [0.717, 1.165) is 12.1 Å². The number of hydrogen-bond donors (Lipinski definition) is 2. The molecule has 0 saturated heterocycles. The highest BCUT2D eigenvalue weighted by atomic mass is 19.2. The van der Waals surface area contributed by atoms with Crippen molar-refractivity contribution in [3.8, 4) is 5.75 Å². The number of nitrogens with one attached hydrogen (secondary N) is 1. The molecule has 2 N–H and O–H groups in total. The van der Waals surface area contributed by atoms with Crippen molar-refractivity contribution in [3.63, 3.8) is 0 Å². The van der Waals surface area contributed by atoms with Crippen LogP contribution in [0.5, 0.6) is 5.75 Å². The number of rotatable bonds is 6. The van der Waals surface area contributed by atoms with E-state index in [9.17, 15) is 18.7 Å². The van der Waals surface area contributed by atoms with Gasteiger partial charge in [0, 0.05) is 24.9 Å². The van der Waals surface area contributed by atoms with E-state index in [1.165, 1.54) is 19.2 Å². The Bertz CT molecular complexity index is 731. The molecule has 0 bridgehead atoms. The minimum atomic E-state index is -1.30. The maximum Gasteiger partial charge on any atom is 0.260 e. The first-order chi connectivity index (χ1) is 11.2. The van der Waals surface area contributed by atoms with Crippen LogP contribution in [0.4, 0.5) is 8.78 Å². The van der Waals surface area contributed by atoms with Crippen LogP contribution in [0.15, 0.2) is 30.6 Å². The summed E-state index contributed by atoms with van der Waals surface area (Å²) in [6.07, 6.45) is 2.21. The molecule has 24 heavy (non-hydrogen) atoms. The highest BCUT2D eigenvalue weighted by Gasteiger charge is 2.26. The number of nitrogens with zero attached hydrogens (tertiary/aromatic N) is 2. The average Bonchev–Trinajstić information content (AvgIpc) is 2.96. The van der Waals surface area contributed by atoms with E-state index < -0.39 is 29.2 Å². The maximum absolute atomic E-state index is 13.1. The van der Waals surface area contributed by atoms with Gasteiger partial charge in [-0.1, -0.05) is 0 Å². The lowest BCUT2D eigenvalue weighted by molar-refractivity contribution is -0.128. The maximum atomic E-state index is 13.1. The smallest absolute Gasteiger partial charge is 0.260 e. The minimum absolute atomic E-state index is 0.0376. The summed E-state index contributed by atoms with van der Waals surface area (Å²) in [4.78, 5) is 12.0. The van der Waals surface area contributed by atoms with E-state index in [2.05, 4.69) is 10.4 Å². The van der Waals surface area contributed by atoms with Crippen LogP contribution in [-0.2, 0) is 17.4 Å². The van der Waals surface area contributed by atoms with Crippen molar-refractivity contribution in [1.82, 2.24) is 15.1 Å². The Morgan fingerprint density at radius 3 is 2.75 bits per heavy atom. The fourth-order valence-corrected chi connectivity index (χ4v) is 2.01. The summed E-state index contributed by atoms with van der Waals surface area (Å²) in [5.41, 5.74) is -0.745. The normalized spacial score (nSPS) is 14.8. The molecule has 130 valence electrons. The van der Waals surface area contributed by atoms with Gasteiger partial charge in [0.15, 0.2) is 17.7 Å². The highest BCUT2D eigenvalue weighted by molar-refractivity contribution is 5.80. The zero-order valence-electron chi connectivity index (χ0n) is 13.6. The van der Waals surface area contributed by atoms with E-state index in [1.54, 1.807) is 24.9 Å². The van der Waals surface area contributed by atoms with Gasteiger partial charge < -0.3 is 15.2 Å². The predicted octanol–water partition coefficient (Wildman–Crippen LogP) is 1.49. The van der Waals surface area contributed by atoms with Gasteiger partial charge in [-0.3, -0.25) is 9.48 Å². The molecule has 2 unspecified atom stereocenters. The summed E-state index contributed by atoms with van der Waals surface area (Å²) in [6, 6.07) is 3.02. The predicted molar refractivity (Wildman–Crippen MR) is 82.2 cm³/mol. The van der Waals surface area contributed by atoms with Crippen LogP contribution < -0.4 is 10.1 Å². The molecule has 6 nitrogen and oxygen atoms in total. The number of aromatic nitrogens is 2. The van der Waals surface area contributed by atoms with Crippen LogP contribution in [0, 0.1) is 11.6 Å². The van der Waals surface area contributed by atoms with Crippen LogP contribution >= 0.6 is 0 Å². The monoisotopic (exact) mass is 339 g/mol. The van der Waals surface area contributed by atoms with E-state index >= 15 is 0 Å². The van der Waals surface area contributed by atoms with Crippen LogP contribution in [0.2, 0.25) is 0 Å². The topological polar surface area (TPSA) is 76.4 Å². The molecule has 1 aromatic heterocycles. The molecule has 2 atom stereocenters. The number of aryl methyl sites for hydroxylation is 1. The lowest BCUT2D eigenvalue weighted by atomic mass is 10.00. The first-order valence-electron chi connectivity index (χ1n) is 7.30. The van der Waals surface area contributed by atoms with Crippen molar-refractivity contribution in [3.05, 3.63) is 47.8 Å². The summed E-state index contributed by atoms with van der Waals surface area (Å²) in [7, 11) is 1.72. The van der Waals surface area contributed by atoms with Crippen molar-refractivity contribution in [2.45, 2.75) is 25.6 Å². The van der Waals surface area contributed by atoms with Gasteiger partial charge in [-0.05, 0) is 26.0 Å². The van der Waals surface area contributed by atoms with Gasteiger partial charge in [0.05, 0.1) is 12.7 Å². The minimum Gasteiger partial charge on any atom is -0.481 e. The van der Waals surface area contributed by atoms with E-state index in [-0.39, 0.29) is 12.3 Å². The molecule has 1 heterocycles. The number of carbonyl (C=O) groups excluding carboxylic acids is 1. The van der Waals surface area contributed by atoms with Crippen molar-refractivity contribution < 1.29 is 23.4 Å². The Morgan fingerprint density at radius 2 is 2.17 bits per heavy atom. The summed E-state index contributed by atoms with van der Waals surface area (Å²) >= 11 is 0. The van der Waals surface area contributed by atoms with Crippen LogP contribution in [0.1, 0.15) is 19.4 Å². The van der Waals surface area contributed by atoms with Crippen LogP contribution in [-0.4, -0.2) is 33.4 Å². The third-order valence-electron chi connectivity index (χ3n) is 3.51. The number of benzene rings is 1. The largest absolute Gasteiger partial charge is 0.481 e. The number of amides is 1. The molecule has 1 aromatic carbocycles.